The second-order valence-electron chi connectivity index (χ2n) is 6.07. The molecular formula is C20H24N2O3. The van der Waals surface area contributed by atoms with Crippen molar-refractivity contribution >= 4 is 17.3 Å². The molecule has 132 valence electrons. The van der Waals surface area contributed by atoms with Crippen molar-refractivity contribution in [1.82, 2.24) is 0 Å². The standard InChI is InChI=1S/C20H24N2O3/c23-20(12-15-25-19-4-2-1-3-5-19)22-17-8-6-16(7-9-17)21-18-10-13-24-14-11-18/h1-9,18,21H,10-15H2,(H,22,23). The largest absolute Gasteiger partial charge is 0.493 e. The lowest BCUT2D eigenvalue weighted by Crippen LogP contribution is -2.27. The third-order valence-electron chi connectivity index (χ3n) is 4.10. The summed E-state index contributed by atoms with van der Waals surface area (Å²) in [4.78, 5) is 12.0. The third-order valence-corrected chi connectivity index (χ3v) is 4.10. The maximum absolute atomic E-state index is 12.0. The van der Waals surface area contributed by atoms with Crippen LogP contribution in [0.3, 0.4) is 0 Å². The van der Waals surface area contributed by atoms with Gasteiger partial charge in [-0.1, -0.05) is 18.2 Å². The Kier molecular flexibility index (Phi) is 6.29. The highest BCUT2D eigenvalue weighted by molar-refractivity contribution is 5.90. The minimum atomic E-state index is -0.0546. The number of hydrogen-bond donors (Lipinski definition) is 2. The number of hydrogen-bond acceptors (Lipinski definition) is 4. The van der Waals surface area contributed by atoms with Crippen molar-refractivity contribution in [3.05, 3.63) is 54.6 Å². The van der Waals surface area contributed by atoms with Crippen LogP contribution >= 0.6 is 0 Å². The number of nitrogens with one attached hydrogen (secondary N) is 2. The second-order valence-corrected chi connectivity index (χ2v) is 6.07. The summed E-state index contributed by atoms with van der Waals surface area (Å²) >= 11 is 0. The van der Waals surface area contributed by atoms with Crippen molar-refractivity contribution < 1.29 is 14.3 Å². The van der Waals surface area contributed by atoms with E-state index >= 15 is 0 Å². The first-order valence-corrected chi connectivity index (χ1v) is 8.72. The molecule has 1 aliphatic rings. The normalized spacial score (nSPS) is 14.7. The van der Waals surface area contributed by atoms with E-state index in [0.29, 0.717) is 19.1 Å². The molecule has 1 saturated heterocycles. The number of carbonyl (C=O) groups is 1. The molecule has 1 amide bonds. The summed E-state index contributed by atoms with van der Waals surface area (Å²) in [6.07, 6.45) is 2.37. The van der Waals surface area contributed by atoms with Gasteiger partial charge in [-0.05, 0) is 49.2 Å². The van der Waals surface area contributed by atoms with E-state index in [4.69, 9.17) is 9.47 Å². The number of anilines is 2. The van der Waals surface area contributed by atoms with Crippen molar-refractivity contribution in [2.45, 2.75) is 25.3 Å². The average molecular weight is 340 g/mol. The molecular weight excluding hydrogens is 316 g/mol. The van der Waals surface area contributed by atoms with Crippen molar-refractivity contribution in [2.75, 3.05) is 30.5 Å². The fraction of sp³-hybridized carbons (Fsp3) is 0.350. The number of amides is 1. The van der Waals surface area contributed by atoms with E-state index in [1.54, 1.807) is 0 Å². The van der Waals surface area contributed by atoms with Crippen molar-refractivity contribution in [3.8, 4) is 5.75 Å². The second kappa shape index (κ2) is 9.08. The van der Waals surface area contributed by atoms with Gasteiger partial charge in [0, 0.05) is 30.6 Å². The molecule has 0 unspecified atom stereocenters. The average Bonchev–Trinajstić information content (AvgIpc) is 2.65. The molecule has 5 nitrogen and oxygen atoms in total. The van der Waals surface area contributed by atoms with Crippen LogP contribution in [-0.4, -0.2) is 31.8 Å². The smallest absolute Gasteiger partial charge is 0.227 e. The highest BCUT2D eigenvalue weighted by Gasteiger charge is 2.13. The maximum atomic E-state index is 12.0. The number of rotatable bonds is 7. The van der Waals surface area contributed by atoms with Crippen LogP contribution in [0.15, 0.2) is 54.6 Å². The molecule has 0 radical (unpaired) electrons. The van der Waals surface area contributed by atoms with Crippen molar-refractivity contribution in [2.24, 2.45) is 0 Å². The Morgan fingerprint density at radius 3 is 2.40 bits per heavy atom. The lowest BCUT2D eigenvalue weighted by atomic mass is 10.1. The molecule has 0 spiro atoms. The Labute approximate surface area is 148 Å². The lowest BCUT2D eigenvalue weighted by Gasteiger charge is -2.24. The Bertz CT molecular complexity index is 652. The van der Waals surface area contributed by atoms with Gasteiger partial charge in [-0.15, -0.1) is 0 Å². The predicted octanol–water partition coefficient (Wildman–Crippen LogP) is 3.69. The van der Waals surface area contributed by atoms with Crippen molar-refractivity contribution in [1.29, 1.82) is 0 Å². The predicted molar refractivity (Wildman–Crippen MR) is 99.1 cm³/mol. The number of carbonyl (C=O) groups excluding carboxylic acids is 1. The van der Waals surface area contributed by atoms with Gasteiger partial charge < -0.3 is 20.1 Å². The first kappa shape index (κ1) is 17.3. The van der Waals surface area contributed by atoms with Gasteiger partial charge in [-0.25, -0.2) is 0 Å². The molecule has 1 aliphatic heterocycles. The summed E-state index contributed by atoms with van der Waals surface area (Å²) in [7, 11) is 0. The molecule has 2 aromatic rings. The molecule has 0 bridgehead atoms. The van der Waals surface area contributed by atoms with Crippen LogP contribution in [0.5, 0.6) is 5.75 Å². The molecule has 1 heterocycles. The molecule has 2 aromatic carbocycles. The summed E-state index contributed by atoms with van der Waals surface area (Å²) in [6.45, 7) is 1.99. The Hall–Kier alpha value is -2.53. The molecule has 0 saturated carbocycles. The number of benzene rings is 2. The number of ether oxygens (including phenoxy) is 2. The summed E-state index contributed by atoms with van der Waals surface area (Å²) in [5.74, 6) is 0.722. The first-order valence-electron chi connectivity index (χ1n) is 8.72. The van der Waals surface area contributed by atoms with E-state index in [1.807, 2.05) is 54.6 Å². The van der Waals surface area contributed by atoms with Crippen molar-refractivity contribution in [3.63, 3.8) is 0 Å². The third kappa shape index (κ3) is 5.80. The van der Waals surface area contributed by atoms with Gasteiger partial charge >= 0.3 is 0 Å². The van der Waals surface area contributed by atoms with E-state index in [1.165, 1.54) is 0 Å². The van der Waals surface area contributed by atoms with Gasteiger partial charge in [-0.2, -0.15) is 0 Å². The lowest BCUT2D eigenvalue weighted by molar-refractivity contribution is -0.116. The van der Waals surface area contributed by atoms with Gasteiger partial charge in [0.15, 0.2) is 0 Å². The van der Waals surface area contributed by atoms with Gasteiger partial charge in [0.25, 0.3) is 0 Å². The first-order chi connectivity index (χ1) is 12.3. The van der Waals surface area contributed by atoms with Gasteiger partial charge in [-0.3, -0.25) is 4.79 Å². The SMILES string of the molecule is O=C(CCOc1ccccc1)Nc1ccc(NC2CCOCC2)cc1. The quantitative estimate of drug-likeness (QED) is 0.807. The zero-order valence-electron chi connectivity index (χ0n) is 14.2. The molecule has 2 N–H and O–H groups in total. The van der Waals surface area contributed by atoms with Crippen LogP contribution < -0.4 is 15.4 Å². The molecule has 0 aliphatic carbocycles. The van der Waals surface area contributed by atoms with E-state index in [2.05, 4.69) is 10.6 Å². The highest BCUT2D eigenvalue weighted by atomic mass is 16.5. The summed E-state index contributed by atoms with van der Waals surface area (Å²) in [6, 6.07) is 17.8. The number of para-hydroxylation sites is 1. The maximum Gasteiger partial charge on any atom is 0.227 e. The molecule has 1 fully saturated rings. The van der Waals surface area contributed by atoms with E-state index in [9.17, 15) is 4.79 Å². The Morgan fingerprint density at radius 1 is 1.00 bits per heavy atom. The van der Waals surface area contributed by atoms with E-state index in [-0.39, 0.29) is 5.91 Å². The summed E-state index contributed by atoms with van der Waals surface area (Å²) in [5.41, 5.74) is 1.86. The van der Waals surface area contributed by atoms with Gasteiger partial charge in [0.05, 0.1) is 13.0 Å². The van der Waals surface area contributed by atoms with Crippen LogP contribution in [0.25, 0.3) is 0 Å². The van der Waals surface area contributed by atoms with Crippen LogP contribution in [0.4, 0.5) is 11.4 Å². The van der Waals surface area contributed by atoms with Crippen LogP contribution in [0, 0.1) is 0 Å². The van der Waals surface area contributed by atoms with Crippen LogP contribution in [-0.2, 0) is 9.53 Å². The monoisotopic (exact) mass is 340 g/mol. The van der Waals surface area contributed by atoms with Gasteiger partial charge in [0.1, 0.15) is 5.75 Å². The zero-order chi connectivity index (χ0) is 17.3. The molecule has 0 aromatic heterocycles. The van der Waals surface area contributed by atoms with Crippen LogP contribution in [0.2, 0.25) is 0 Å². The molecule has 5 heteroatoms. The fourth-order valence-electron chi connectivity index (χ4n) is 2.73. The van der Waals surface area contributed by atoms with E-state index in [0.717, 1.165) is 43.2 Å². The van der Waals surface area contributed by atoms with Gasteiger partial charge in [0.2, 0.25) is 5.91 Å². The molecule has 3 rings (SSSR count). The zero-order valence-corrected chi connectivity index (χ0v) is 14.2. The summed E-state index contributed by atoms with van der Waals surface area (Å²) < 4.78 is 10.9. The minimum absolute atomic E-state index is 0.0546. The molecule has 0 atom stereocenters. The summed E-state index contributed by atoms with van der Waals surface area (Å²) in [5, 5.41) is 6.39. The molecule has 25 heavy (non-hydrogen) atoms. The topological polar surface area (TPSA) is 59.6 Å². The fourth-order valence-corrected chi connectivity index (χ4v) is 2.73. The van der Waals surface area contributed by atoms with Crippen LogP contribution in [0.1, 0.15) is 19.3 Å². The van der Waals surface area contributed by atoms with E-state index < -0.39 is 0 Å². The highest BCUT2D eigenvalue weighted by Crippen LogP contribution is 2.18. The minimum Gasteiger partial charge on any atom is -0.493 e. The Balaban J connectivity index is 1.40. The Morgan fingerprint density at radius 2 is 1.68 bits per heavy atom.